The number of halogens is 1. The van der Waals surface area contributed by atoms with Gasteiger partial charge >= 0.3 is 0 Å². The van der Waals surface area contributed by atoms with Crippen LogP contribution in [0.15, 0.2) is 33.3 Å². The summed E-state index contributed by atoms with van der Waals surface area (Å²) in [5.41, 5.74) is 6.99. The van der Waals surface area contributed by atoms with Crippen molar-refractivity contribution in [3.63, 3.8) is 0 Å². The van der Waals surface area contributed by atoms with Gasteiger partial charge in [-0.1, -0.05) is 39.3 Å². The van der Waals surface area contributed by atoms with Crippen LogP contribution in [0, 0.1) is 11.3 Å². The maximum Gasteiger partial charge on any atom is 0.240 e. The van der Waals surface area contributed by atoms with Crippen molar-refractivity contribution in [3.05, 3.63) is 34.3 Å². The van der Waals surface area contributed by atoms with Gasteiger partial charge in [-0.15, -0.1) is 0 Å². The largest absolute Gasteiger partial charge is 0.366 e. The SMILES string of the molecule is N#Cc1c(-c2ccccc2Br)noc1N. The van der Waals surface area contributed by atoms with Gasteiger partial charge in [-0.2, -0.15) is 5.26 Å². The van der Waals surface area contributed by atoms with Crippen LogP contribution in [-0.4, -0.2) is 5.16 Å². The predicted octanol–water partition coefficient (Wildman–Crippen LogP) is 2.56. The van der Waals surface area contributed by atoms with Gasteiger partial charge in [-0.05, 0) is 6.07 Å². The topological polar surface area (TPSA) is 75.8 Å². The number of hydrogen-bond acceptors (Lipinski definition) is 4. The number of aromatic nitrogens is 1. The summed E-state index contributed by atoms with van der Waals surface area (Å²) < 4.78 is 5.62. The number of nitriles is 1. The van der Waals surface area contributed by atoms with Gasteiger partial charge in [0.25, 0.3) is 0 Å². The fourth-order valence-corrected chi connectivity index (χ4v) is 1.72. The summed E-state index contributed by atoms with van der Waals surface area (Å²) in [5.74, 6) is 0.0447. The summed E-state index contributed by atoms with van der Waals surface area (Å²) in [6.07, 6.45) is 0. The summed E-state index contributed by atoms with van der Waals surface area (Å²) in [4.78, 5) is 0. The molecule has 0 aliphatic heterocycles. The van der Waals surface area contributed by atoms with E-state index in [1.807, 2.05) is 30.3 Å². The number of anilines is 1. The number of nitrogens with zero attached hydrogens (tertiary/aromatic N) is 2. The van der Waals surface area contributed by atoms with Crippen molar-refractivity contribution in [3.8, 4) is 17.3 Å². The van der Waals surface area contributed by atoms with Crippen LogP contribution in [0.1, 0.15) is 5.56 Å². The first-order valence-electron chi connectivity index (χ1n) is 4.14. The lowest BCUT2D eigenvalue weighted by Gasteiger charge is -1.98. The zero-order valence-electron chi connectivity index (χ0n) is 7.57. The average molecular weight is 264 g/mol. The van der Waals surface area contributed by atoms with Crippen LogP contribution in [0.25, 0.3) is 11.3 Å². The summed E-state index contributed by atoms with van der Waals surface area (Å²) >= 11 is 3.37. The average Bonchev–Trinajstić information content (AvgIpc) is 2.60. The van der Waals surface area contributed by atoms with Crippen molar-refractivity contribution in [1.29, 1.82) is 5.26 Å². The Morgan fingerprint density at radius 3 is 2.80 bits per heavy atom. The summed E-state index contributed by atoms with van der Waals surface area (Å²) in [5, 5.41) is 12.7. The second kappa shape index (κ2) is 3.75. The second-order valence-electron chi connectivity index (χ2n) is 2.86. The monoisotopic (exact) mass is 263 g/mol. The molecule has 0 saturated heterocycles. The minimum absolute atomic E-state index is 0.0447. The maximum atomic E-state index is 8.90. The van der Waals surface area contributed by atoms with Crippen LogP contribution in [0.5, 0.6) is 0 Å². The van der Waals surface area contributed by atoms with Crippen molar-refractivity contribution < 1.29 is 4.52 Å². The van der Waals surface area contributed by atoms with E-state index in [0.29, 0.717) is 5.69 Å². The molecular formula is C10H6BrN3O. The van der Waals surface area contributed by atoms with Crippen molar-refractivity contribution in [1.82, 2.24) is 5.16 Å². The Balaban J connectivity index is 2.66. The fraction of sp³-hybridized carbons (Fsp3) is 0. The maximum absolute atomic E-state index is 8.90. The molecule has 0 aliphatic rings. The van der Waals surface area contributed by atoms with E-state index < -0.39 is 0 Å². The molecule has 4 nitrogen and oxygen atoms in total. The first kappa shape index (κ1) is 9.74. The highest BCUT2D eigenvalue weighted by molar-refractivity contribution is 9.10. The van der Waals surface area contributed by atoms with Gasteiger partial charge in [0, 0.05) is 10.0 Å². The Bertz CT molecular complexity index is 542. The number of hydrogen-bond donors (Lipinski definition) is 1. The summed E-state index contributed by atoms with van der Waals surface area (Å²) in [6, 6.07) is 9.40. The lowest BCUT2D eigenvalue weighted by molar-refractivity contribution is 0.439. The molecule has 2 N–H and O–H groups in total. The highest BCUT2D eigenvalue weighted by Crippen LogP contribution is 2.31. The van der Waals surface area contributed by atoms with Crippen molar-refractivity contribution in [2.75, 3.05) is 5.73 Å². The highest BCUT2D eigenvalue weighted by Gasteiger charge is 2.16. The molecule has 1 heterocycles. The van der Waals surface area contributed by atoms with E-state index in [2.05, 4.69) is 21.1 Å². The van der Waals surface area contributed by atoms with Gasteiger partial charge in [-0.25, -0.2) is 0 Å². The zero-order valence-corrected chi connectivity index (χ0v) is 9.15. The molecule has 0 fully saturated rings. The molecule has 0 unspecified atom stereocenters. The third-order valence-corrected chi connectivity index (χ3v) is 2.65. The van der Waals surface area contributed by atoms with Crippen molar-refractivity contribution >= 4 is 21.8 Å². The van der Waals surface area contributed by atoms with E-state index in [0.717, 1.165) is 10.0 Å². The molecule has 0 saturated carbocycles. The van der Waals surface area contributed by atoms with Crippen molar-refractivity contribution in [2.24, 2.45) is 0 Å². The molecule has 5 heteroatoms. The quantitative estimate of drug-likeness (QED) is 0.858. The Morgan fingerprint density at radius 1 is 1.40 bits per heavy atom. The number of nitrogen functional groups attached to an aromatic ring is 1. The summed E-state index contributed by atoms with van der Waals surface area (Å²) in [7, 11) is 0. The second-order valence-corrected chi connectivity index (χ2v) is 3.72. The van der Waals surface area contributed by atoms with Gasteiger partial charge in [0.1, 0.15) is 17.3 Å². The normalized spacial score (nSPS) is 9.87. The molecule has 2 rings (SSSR count). The molecule has 0 bridgehead atoms. The minimum atomic E-state index is 0.0447. The molecule has 0 amide bonds. The lowest BCUT2D eigenvalue weighted by atomic mass is 10.1. The Hall–Kier alpha value is -1.80. The first-order valence-corrected chi connectivity index (χ1v) is 4.93. The predicted molar refractivity (Wildman–Crippen MR) is 58.8 cm³/mol. The first-order chi connectivity index (χ1) is 7.24. The molecule has 15 heavy (non-hydrogen) atoms. The molecule has 1 aromatic carbocycles. The van der Waals surface area contributed by atoms with E-state index in [4.69, 9.17) is 15.5 Å². The van der Waals surface area contributed by atoms with Crippen LogP contribution in [0.4, 0.5) is 5.88 Å². The highest BCUT2D eigenvalue weighted by atomic mass is 79.9. The number of benzene rings is 1. The Labute approximate surface area is 94.4 Å². The smallest absolute Gasteiger partial charge is 0.240 e. The van der Waals surface area contributed by atoms with Gasteiger partial charge in [0.2, 0.25) is 5.88 Å². The van der Waals surface area contributed by atoms with Crippen molar-refractivity contribution in [2.45, 2.75) is 0 Å². The zero-order chi connectivity index (χ0) is 10.8. The molecule has 0 spiro atoms. The van der Waals surface area contributed by atoms with Gasteiger partial charge in [0.15, 0.2) is 0 Å². The third-order valence-electron chi connectivity index (χ3n) is 1.96. The third kappa shape index (κ3) is 1.60. The van der Waals surface area contributed by atoms with Gasteiger partial charge in [-0.3, -0.25) is 0 Å². The van der Waals surface area contributed by atoms with Gasteiger partial charge in [0.05, 0.1) is 0 Å². The van der Waals surface area contributed by atoms with Crippen LogP contribution < -0.4 is 5.73 Å². The van der Waals surface area contributed by atoms with Crippen LogP contribution in [0.2, 0.25) is 0 Å². The number of rotatable bonds is 1. The molecule has 2 aromatic rings. The molecule has 0 atom stereocenters. The van der Waals surface area contributed by atoms with E-state index in [1.165, 1.54) is 0 Å². The molecule has 74 valence electrons. The fourth-order valence-electron chi connectivity index (χ4n) is 1.25. The molecular weight excluding hydrogens is 258 g/mol. The lowest BCUT2D eigenvalue weighted by Crippen LogP contribution is -1.87. The van der Waals surface area contributed by atoms with Crippen LogP contribution in [-0.2, 0) is 0 Å². The molecule has 0 radical (unpaired) electrons. The Kier molecular flexibility index (Phi) is 2.44. The van der Waals surface area contributed by atoms with E-state index >= 15 is 0 Å². The number of nitrogens with two attached hydrogens (primary N) is 1. The Morgan fingerprint density at radius 2 is 2.13 bits per heavy atom. The summed E-state index contributed by atoms with van der Waals surface area (Å²) in [6.45, 7) is 0. The standard InChI is InChI=1S/C10H6BrN3O/c11-8-4-2-1-3-6(8)9-7(5-12)10(13)15-14-9/h1-4H,13H2. The van der Waals surface area contributed by atoms with E-state index in [1.54, 1.807) is 0 Å². The van der Waals surface area contributed by atoms with Crippen LogP contribution in [0.3, 0.4) is 0 Å². The van der Waals surface area contributed by atoms with E-state index in [-0.39, 0.29) is 11.4 Å². The van der Waals surface area contributed by atoms with Crippen LogP contribution >= 0.6 is 15.9 Å². The molecule has 0 aliphatic carbocycles. The molecule has 1 aromatic heterocycles. The van der Waals surface area contributed by atoms with Gasteiger partial charge < -0.3 is 10.3 Å². The minimum Gasteiger partial charge on any atom is -0.366 e. The van der Waals surface area contributed by atoms with E-state index in [9.17, 15) is 0 Å².